The second-order valence-electron chi connectivity index (χ2n) is 1.42. The van der Waals surface area contributed by atoms with Gasteiger partial charge in [-0.3, -0.25) is 0 Å². The zero-order chi connectivity index (χ0) is 6.08. The summed E-state index contributed by atoms with van der Waals surface area (Å²) < 4.78 is 34.2. The molecule has 0 unspecified atom stereocenters. The summed E-state index contributed by atoms with van der Waals surface area (Å²) in [6, 6.07) is 0. The molecule has 0 aliphatic carbocycles. The van der Waals surface area contributed by atoms with Crippen LogP contribution in [0.1, 0.15) is 28.7 Å². The normalized spacial score (nSPS) is 9.00. The smallest absolute Gasteiger partial charge is 0.158 e. The van der Waals surface area contributed by atoms with Gasteiger partial charge in [0, 0.05) is 0 Å². The Morgan fingerprint density at radius 1 is 1.20 bits per heavy atom. The predicted molar refractivity (Wildman–Crippen MR) is 34.1 cm³/mol. The van der Waals surface area contributed by atoms with Crippen molar-refractivity contribution in [1.29, 1.82) is 0 Å². The topological polar surface area (TPSA) is 0 Å². The Bertz CT molecular complexity index is 58.5. The summed E-state index contributed by atoms with van der Waals surface area (Å²) in [6.07, 6.45) is -1.34. The van der Waals surface area contributed by atoms with E-state index < -0.39 is 12.1 Å². The van der Waals surface area contributed by atoms with E-state index in [0.717, 1.165) is 6.92 Å². The van der Waals surface area contributed by atoms with Crippen LogP contribution in [0.5, 0.6) is 0 Å². The van der Waals surface area contributed by atoms with Crippen molar-refractivity contribution in [3.8, 4) is 0 Å². The Hall–Kier alpha value is -1.21. The quantitative estimate of drug-likeness (QED) is 0.582. The molecule has 0 radical (unpaired) electrons. The van der Waals surface area contributed by atoms with Crippen LogP contribution in [0.25, 0.3) is 0 Å². The minimum atomic E-state index is -3.25. The van der Waals surface area contributed by atoms with Gasteiger partial charge in [-0.25, -0.2) is 8.78 Å². The van der Waals surface area contributed by atoms with E-state index in [1.807, 2.05) is 0 Å². The molecule has 0 aliphatic rings. The first kappa shape index (κ1) is 23.2. The zero-order valence-corrected chi connectivity index (χ0v) is 11.2. The van der Waals surface area contributed by atoms with Crippen LogP contribution in [-0.4, -0.2) is 5.92 Å². The van der Waals surface area contributed by atoms with E-state index in [4.69, 9.17) is 0 Å². The molecule has 0 aromatic carbocycles. The SMILES string of the molecule is C.C.C[C-](F)C(C)(F)F.[Rf]. The molecule has 0 nitrogen and oxygen atoms in total. The minimum absolute atomic E-state index is 0. The monoisotopic (exact) mass is 410 g/mol. The van der Waals surface area contributed by atoms with Crippen molar-refractivity contribution in [2.75, 3.05) is 0 Å². The fourth-order valence-electron chi connectivity index (χ4n) is 0. The fraction of sp³-hybridized carbons (Fsp3) is 0.833. The Kier molecular flexibility index (Phi) is 13.8. The molecule has 0 rings (SSSR count). The second-order valence-corrected chi connectivity index (χ2v) is 1.42. The van der Waals surface area contributed by atoms with E-state index >= 15 is 0 Å². The first-order valence-electron chi connectivity index (χ1n) is 1.82. The number of hydrogen-bond donors (Lipinski definition) is 0. The molecule has 0 amide bonds. The van der Waals surface area contributed by atoms with Crippen molar-refractivity contribution in [3.05, 3.63) is 6.17 Å². The number of hydrogen-bond acceptors (Lipinski definition) is 0. The number of rotatable bonds is 1. The van der Waals surface area contributed by atoms with Crippen molar-refractivity contribution < 1.29 is 13.2 Å². The molecule has 0 spiro atoms. The van der Waals surface area contributed by atoms with Gasteiger partial charge in [-0.2, -0.15) is 6.92 Å². The van der Waals surface area contributed by atoms with Crippen LogP contribution in [0.2, 0.25) is 0 Å². The number of halogens is 3. The van der Waals surface area contributed by atoms with Gasteiger partial charge in [0.1, 0.15) is 0 Å². The van der Waals surface area contributed by atoms with Crippen LogP contribution >= 0.6 is 0 Å². The molecule has 0 aliphatic heterocycles. The Morgan fingerprint density at radius 3 is 1.30 bits per heavy atom. The summed E-state index contributed by atoms with van der Waals surface area (Å²) >= 11 is 0. The summed E-state index contributed by atoms with van der Waals surface area (Å²) in [5.74, 6) is -3.25. The third-order valence-corrected chi connectivity index (χ3v) is 0.605. The van der Waals surface area contributed by atoms with Gasteiger partial charge in [0.15, 0.2) is 5.92 Å². The maximum Gasteiger partial charge on any atom is 0.158 e. The van der Waals surface area contributed by atoms with E-state index in [2.05, 4.69) is 0 Å². The van der Waals surface area contributed by atoms with Crippen molar-refractivity contribution in [3.63, 3.8) is 0 Å². The molecule has 4 heteroatoms. The van der Waals surface area contributed by atoms with Crippen molar-refractivity contribution in [1.82, 2.24) is 0 Å². The molecule has 0 saturated carbocycles. The first-order valence-corrected chi connectivity index (χ1v) is 1.82. The Morgan fingerprint density at radius 2 is 1.30 bits per heavy atom. The molecule has 0 saturated heterocycles. The van der Waals surface area contributed by atoms with Crippen LogP contribution in [0.3, 0.4) is 0 Å². The van der Waals surface area contributed by atoms with Gasteiger partial charge in [0.05, 0.1) is 0 Å². The van der Waals surface area contributed by atoms with Gasteiger partial charge in [-0.05, 0) is 6.92 Å². The average Bonchev–Trinajstić information content (AvgIpc) is 1.31. The van der Waals surface area contributed by atoms with Crippen LogP contribution in [0, 0.1) is 6.17 Å². The van der Waals surface area contributed by atoms with Gasteiger partial charge in [-0.1, -0.05) is 21.0 Å². The summed E-state index contributed by atoms with van der Waals surface area (Å²) in [5.41, 5.74) is 0. The van der Waals surface area contributed by atoms with Gasteiger partial charge < -0.3 is 4.39 Å². The molecule has 0 aromatic heterocycles. The van der Waals surface area contributed by atoms with Crippen LogP contribution in [0.4, 0.5) is 13.2 Å². The fourth-order valence-corrected chi connectivity index (χ4v) is 0. The second kappa shape index (κ2) is 5.92. The molecular weight excluding hydrogens is 396 g/mol. The molecule has 0 bridgehead atoms. The van der Waals surface area contributed by atoms with Crippen LogP contribution in [0.15, 0.2) is 0 Å². The first-order chi connectivity index (χ1) is 2.94. The van der Waals surface area contributed by atoms with E-state index in [9.17, 15) is 13.2 Å². The van der Waals surface area contributed by atoms with E-state index in [-0.39, 0.29) is 14.9 Å². The van der Waals surface area contributed by atoms with Gasteiger partial charge in [0.2, 0.25) is 0 Å². The molecule has 62 valence electrons. The Balaban J connectivity index is -0.0000000600. The molecule has 0 fully saturated rings. The average molecular weight is 410 g/mol. The molecule has 0 aromatic rings. The van der Waals surface area contributed by atoms with Crippen LogP contribution < -0.4 is 0 Å². The third-order valence-electron chi connectivity index (χ3n) is 0.605. The largest absolute Gasteiger partial charge is 0.450 e. The van der Waals surface area contributed by atoms with E-state index in [1.165, 1.54) is 0 Å². The van der Waals surface area contributed by atoms with Crippen molar-refractivity contribution in [2.24, 2.45) is 0 Å². The minimum Gasteiger partial charge on any atom is -0.450 e. The van der Waals surface area contributed by atoms with Gasteiger partial charge in [-0.15, -0.1) is 0 Å². The van der Waals surface area contributed by atoms with Gasteiger partial charge in [0.25, 0.3) is 0 Å². The van der Waals surface area contributed by atoms with Gasteiger partial charge >= 0.3 is 0 Å². The maximum absolute atomic E-state index is 11.4. The third kappa shape index (κ3) is 9.92. The summed E-state index contributed by atoms with van der Waals surface area (Å²) in [6.45, 7) is 1.27. The van der Waals surface area contributed by atoms with E-state index in [0.29, 0.717) is 6.92 Å². The number of alkyl halides is 2. The zero-order valence-electron chi connectivity index (χ0n) is 4.84. The van der Waals surface area contributed by atoms with E-state index in [1.54, 1.807) is 0 Å². The maximum atomic E-state index is 11.4. The molecule has 0 atom stereocenters. The van der Waals surface area contributed by atoms with Crippen molar-refractivity contribution >= 4 is 0 Å². The Labute approximate surface area is 55.1 Å². The summed E-state index contributed by atoms with van der Waals surface area (Å²) in [7, 11) is 0. The molecular formula is C6H14F3Rf-. The molecule has 10 heavy (non-hydrogen) atoms. The molecule has 0 heterocycles. The van der Waals surface area contributed by atoms with Crippen molar-refractivity contribution in [2.45, 2.75) is 34.6 Å². The van der Waals surface area contributed by atoms with Crippen LogP contribution in [-0.2, 0) is 0 Å². The molecule has 0 N–H and O–H groups in total. The predicted octanol–water partition coefficient (Wildman–Crippen LogP) is 3.44. The standard InChI is InChI=1S/C4H6F3.2CH4.Rf/c1-3(5)4(2,6)7;;;/h1-2H3;2*1H4;/q-1;;;. The summed E-state index contributed by atoms with van der Waals surface area (Å²) in [5, 5.41) is 0. The summed E-state index contributed by atoms with van der Waals surface area (Å²) in [4.78, 5) is 0.